The first-order valence-electron chi connectivity index (χ1n) is 5.82. The molecule has 0 fully saturated rings. The Balaban J connectivity index is 2.89. The number of hydrogen-bond acceptors (Lipinski definition) is 4. The molecule has 1 atom stereocenters. The Labute approximate surface area is 118 Å². The molecule has 3 N–H and O–H groups in total. The fourth-order valence-corrected chi connectivity index (χ4v) is 3.57. The number of halogens is 1. The van der Waals surface area contributed by atoms with E-state index in [4.69, 9.17) is 5.73 Å². The molecule has 0 radical (unpaired) electrons. The minimum Gasteiger partial charge on any atom is -0.396 e. The van der Waals surface area contributed by atoms with Gasteiger partial charge in [-0.05, 0) is 42.5 Å². The molecular formula is C12H19FN2O2S2. The molecule has 0 bridgehead atoms. The van der Waals surface area contributed by atoms with Gasteiger partial charge in [-0.3, -0.25) is 0 Å². The number of nitrogen functional groups attached to an aromatic ring is 1. The third-order valence-corrected chi connectivity index (χ3v) is 4.94. The van der Waals surface area contributed by atoms with Gasteiger partial charge in [0.25, 0.3) is 0 Å². The molecule has 1 aromatic carbocycles. The molecule has 0 aliphatic heterocycles. The van der Waals surface area contributed by atoms with Crippen molar-refractivity contribution in [3.05, 3.63) is 23.5 Å². The van der Waals surface area contributed by atoms with Crippen LogP contribution in [0.2, 0.25) is 0 Å². The van der Waals surface area contributed by atoms with Gasteiger partial charge in [0.15, 0.2) is 0 Å². The van der Waals surface area contributed by atoms with Crippen LogP contribution in [0.3, 0.4) is 0 Å². The number of nitrogens with one attached hydrogen (secondary N) is 1. The third-order valence-electron chi connectivity index (χ3n) is 2.64. The second-order valence-electron chi connectivity index (χ2n) is 4.56. The van der Waals surface area contributed by atoms with Gasteiger partial charge in [-0.1, -0.05) is 6.92 Å². The van der Waals surface area contributed by atoms with Crippen molar-refractivity contribution >= 4 is 27.5 Å². The fraction of sp³-hybridized carbons (Fsp3) is 0.500. The molecule has 0 saturated heterocycles. The van der Waals surface area contributed by atoms with E-state index in [2.05, 4.69) is 4.72 Å². The second-order valence-corrected chi connectivity index (χ2v) is 7.23. The summed E-state index contributed by atoms with van der Waals surface area (Å²) in [7, 11) is -3.64. The number of aryl methyl sites for hydroxylation is 1. The highest BCUT2D eigenvalue weighted by Crippen LogP contribution is 2.20. The number of anilines is 1. The van der Waals surface area contributed by atoms with E-state index in [1.165, 1.54) is 13.0 Å². The molecule has 1 aromatic rings. The van der Waals surface area contributed by atoms with Crippen molar-refractivity contribution < 1.29 is 12.8 Å². The van der Waals surface area contributed by atoms with Gasteiger partial charge >= 0.3 is 0 Å². The molecule has 1 rings (SSSR count). The topological polar surface area (TPSA) is 72.2 Å². The Hall–Kier alpha value is -0.790. The van der Waals surface area contributed by atoms with Gasteiger partial charge < -0.3 is 5.73 Å². The molecule has 0 saturated carbocycles. The summed E-state index contributed by atoms with van der Waals surface area (Å²) in [5.41, 5.74) is 5.52. The van der Waals surface area contributed by atoms with E-state index in [0.717, 1.165) is 11.8 Å². The second kappa shape index (κ2) is 6.58. The number of hydrogen-bond donors (Lipinski definition) is 2. The molecule has 0 heterocycles. The van der Waals surface area contributed by atoms with E-state index >= 15 is 0 Å². The van der Waals surface area contributed by atoms with E-state index in [0.29, 0.717) is 6.54 Å². The molecule has 0 aromatic heterocycles. The van der Waals surface area contributed by atoms with E-state index in [-0.39, 0.29) is 22.1 Å². The fourth-order valence-electron chi connectivity index (χ4n) is 1.60. The molecule has 19 heavy (non-hydrogen) atoms. The highest BCUT2D eigenvalue weighted by molar-refractivity contribution is 7.98. The first kappa shape index (κ1) is 16.3. The molecule has 0 aliphatic carbocycles. The molecule has 7 heteroatoms. The smallest absolute Gasteiger partial charge is 0.240 e. The Morgan fingerprint density at radius 3 is 2.63 bits per heavy atom. The van der Waals surface area contributed by atoms with Crippen LogP contribution < -0.4 is 10.5 Å². The minimum absolute atomic E-state index is 0.000233. The van der Waals surface area contributed by atoms with Crippen LogP contribution in [0.4, 0.5) is 10.1 Å². The molecular weight excluding hydrogens is 287 g/mol. The van der Waals surface area contributed by atoms with Crippen molar-refractivity contribution in [1.29, 1.82) is 0 Å². The summed E-state index contributed by atoms with van der Waals surface area (Å²) in [6.07, 6.45) is 1.97. The van der Waals surface area contributed by atoms with Crippen molar-refractivity contribution in [2.75, 3.05) is 24.3 Å². The third kappa shape index (κ3) is 4.36. The largest absolute Gasteiger partial charge is 0.396 e. The summed E-state index contributed by atoms with van der Waals surface area (Å²) in [5, 5.41) is 0. The Morgan fingerprint density at radius 1 is 1.47 bits per heavy atom. The molecule has 0 spiro atoms. The Morgan fingerprint density at radius 2 is 2.11 bits per heavy atom. The summed E-state index contributed by atoms with van der Waals surface area (Å²) in [6, 6.07) is 2.43. The number of thioether (sulfide) groups is 1. The minimum atomic E-state index is -3.64. The lowest BCUT2D eigenvalue weighted by molar-refractivity contribution is 0.562. The molecule has 4 nitrogen and oxygen atoms in total. The van der Waals surface area contributed by atoms with Crippen LogP contribution in [0.15, 0.2) is 17.0 Å². The van der Waals surface area contributed by atoms with Crippen molar-refractivity contribution in [1.82, 2.24) is 4.72 Å². The van der Waals surface area contributed by atoms with E-state index < -0.39 is 15.8 Å². The molecule has 0 amide bonds. The lowest BCUT2D eigenvalue weighted by Crippen LogP contribution is -2.29. The maximum absolute atomic E-state index is 13.4. The zero-order valence-electron chi connectivity index (χ0n) is 11.2. The summed E-state index contributed by atoms with van der Waals surface area (Å²) < 4.78 is 40.0. The normalized spacial score (nSPS) is 13.5. The van der Waals surface area contributed by atoms with Crippen molar-refractivity contribution in [3.63, 3.8) is 0 Å². The monoisotopic (exact) mass is 306 g/mol. The Bertz CT molecular complexity index is 524. The zero-order valence-corrected chi connectivity index (χ0v) is 12.9. The highest BCUT2D eigenvalue weighted by atomic mass is 32.2. The standard InChI is InChI=1S/C12H19FN2O2S2/c1-8(7-18-3)6-15-19(16,17)10-4-9(2)12(13)11(14)5-10/h4-5,8,15H,6-7,14H2,1-3H3. The predicted molar refractivity (Wildman–Crippen MR) is 78.3 cm³/mol. The maximum atomic E-state index is 13.4. The summed E-state index contributed by atoms with van der Waals surface area (Å²) in [5.74, 6) is 0.519. The van der Waals surface area contributed by atoms with Crippen molar-refractivity contribution in [3.8, 4) is 0 Å². The average molecular weight is 306 g/mol. The van der Waals surface area contributed by atoms with E-state index in [9.17, 15) is 12.8 Å². The lowest BCUT2D eigenvalue weighted by Gasteiger charge is -2.13. The van der Waals surface area contributed by atoms with Gasteiger partial charge in [0.1, 0.15) is 5.82 Å². The quantitative estimate of drug-likeness (QED) is 0.789. The molecule has 108 valence electrons. The van der Waals surface area contributed by atoms with Crippen LogP contribution in [0, 0.1) is 18.7 Å². The maximum Gasteiger partial charge on any atom is 0.240 e. The van der Waals surface area contributed by atoms with Crippen LogP contribution >= 0.6 is 11.8 Å². The number of benzene rings is 1. The van der Waals surface area contributed by atoms with Gasteiger partial charge in [0.05, 0.1) is 10.6 Å². The summed E-state index contributed by atoms with van der Waals surface area (Å²) in [6.45, 7) is 3.80. The van der Waals surface area contributed by atoms with Gasteiger partial charge in [-0.2, -0.15) is 11.8 Å². The SMILES string of the molecule is CSCC(C)CNS(=O)(=O)c1cc(C)c(F)c(N)c1. The lowest BCUT2D eigenvalue weighted by atomic mass is 10.2. The number of rotatable bonds is 6. The average Bonchev–Trinajstić information content (AvgIpc) is 2.33. The van der Waals surface area contributed by atoms with Gasteiger partial charge in [0, 0.05) is 6.54 Å². The van der Waals surface area contributed by atoms with Crippen LogP contribution in [-0.2, 0) is 10.0 Å². The summed E-state index contributed by atoms with van der Waals surface area (Å²) >= 11 is 1.66. The highest BCUT2D eigenvalue weighted by Gasteiger charge is 2.18. The van der Waals surface area contributed by atoms with Crippen molar-refractivity contribution in [2.45, 2.75) is 18.7 Å². The molecule has 1 unspecified atom stereocenters. The predicted octanol–water partition coefficient (Wildman–Crippen LogP) is 1.99. The van der Waals surface area contributed by atoms with Crippen LogP contribution in [0.1, 0.15) is 12.5 Å². The van der Waals surface area contributed by atoms with Crippen molar-refractivity contribution in [2.24, 2.45) is 5.92 Å². The zero-order chi connectivity index (χ0) is 14.6. The van der Waals surface area contributed by atoms with Crippen LogP contribution in [0.25, 0.3) is 0 Å². The Kier molecular flexibility index (Phi) is 5.64. The first-order chi connectivity index (χ1) is 8.77. The number of sulfonamides is 1. The van der Waals surface area contributed by atoms with E-state index in [1.807, 2.05) is 13.2 Å². The summed E-state index contributed by atoms with van der Waals surface area (Å²) in [4.78, 5) is 0.000233. The van der Waals surface area contributed by atoms with E-state index in [1.54, 1.807) is 11.8 Å². The molecule has 0 aliphatic rings. The van der Waals surface area contributed by atoms with Gasteiger partial charge in [-0.25, -0.2) is 17.5 Å². The van der Waals surface area contributed by atoms with Gasteiger partial charge in [-0.15, -0.1) is 0 Å². The number of nitrogens with two attached hydrogens (primary N) is 1. The first-order valence-corrected chi connectivity index (χ1v) is 8.70. The van der Waals surface area contributed by atoms with Gasteiger partial charge in [0.2, 0.25) is 10.0 Å². The van der Waals surface area contributed by atoms with Crippen LogP contribution in [-0.4, -0.2) is 27.0 Å². The van der Waals surface area contributed by atoms with Crippen LogP contribution in [0.5, 0.6) is 0 Å².